The average Bonchev–Trinajstić information content (AvgIpc) is 2.46. The molecule has 140 valence electrons. The van der Waals surface area contributed by atoms with Crippen LogP contribution in [0.4, 0.5) is 4.79 Å². The molecule has 1 aliphatic rings. The summed E-state index contributed by atoms with van der Waals surface area (Å²) in [5, 5.41) is 22.8. The van der Waals surface area contributed by atoms with Crippen molar-refractivity contribution >= 4 is 28.0 Å². The first-order valence-corrected chi connectivity index (χ1v) is 9.12. The van der Waals surface area contributed by atoms with Gasteiger partial charge in [-0.25, -0.2) is 17.9 Å². The van der Waals surface area contributed by atoms with Gasteiger partial charge in [0, 0.05) is 24.5 Å². The van der Waals surface area contributed by atoms with Gasteiger partial charge in [-0.3, -0.25) is 5.32 Å². The van der Waals surface area contributed by atoms with Gasteiger partial charge in [0.15, 0.2) is 4.91 Å². The number of sulfonamides is 1. The number of rotatable bonds is 7. The molecule has 0 saturated carbocycles. The Bertz CT molecular complexity index is 688. The topological polar surface area (TPSA) is 156 Å². The van der Waals surface area contributed by atoms with Crippen LogP contribution in [0.25, 0.3) is 0 Å². The smallest absolute Gasteiger partial charge is 0.334 e. The van der Waals surface area contributed by atoms with Gasteiger partial charge in [-0.1, -0.05) is 0 Å². The van der Waals surface area contributed by atoms with Crippen molar-refractivity contribution in [3.8, 4) is 0 Å². The van der Waals surface area contributed by atoms with Gasteiger partial charge in [0.2, 0.25) is 5.88 Å². The summed E-state index contributed by atoms with van der Waals surface area (Å²) < 4.78 is 31.7. The highest BCUT2D eigenvalue weighted by atomic mass is 32.2. The number of ether oxygens (including phenoxy) is 1. The minimum absolute atomic E-state index is 0.0402. The number of hydrogen-bond donors (Lipinski definition) is 6. The van der Waals surface area contributed by atoms with Gasteiger partial charge in [0.1, 0.15) is 5.82 Å². The molecule has 1 fully saturated rings. The number of allylic oxidation sites excluding steroid dienone is 2. The van der Waals surface area contributed by atoms with E-state index < -0.39 is 21.0 Å². The lowest BCUT2D eigenvalue weighted by Gasteiger charge is -2.20. The van der Waals surface area contributed by atoms with E-state index in [-0.39, 0.29) is 23.5 Å². The number of carbonyl (C=O) groups excluding carboxylic acids is 1. The van der Waals surface area contributed by atoms with E-state index in [1.807, 2.05) is 18.6 Å². The Labute approximate surface area is 147 Å². The molecule has 25 heavy (non-hydrogen) atoms. The second-order valence-electron chi connectivity index (χ2n) is 5.57. The number of carbonyl (C=O) groups is 1. The Balaban J connectivity index is 2.92. The van der Waals surface area contributed by atoms with Crippen molar-refractivity contribution in [1.29, 1.82) is 10.8 Å². The molecule has 0 unspecified atom stereocenters. The molecule has 10 nitrogen and oxygen atoms in total. The van der Waals surface area contributed by atoms with Crippen LogP contribution in [0.2, 0.25) is 0 Å². The maximum Gasteiger partial charge on any atom is 0.334 e. The quantitative estimate of drug-likeness (QED) is 0.353. The van der Waals surface area contributed by atoms with Gasteiger partial charge in [0.05, 0.1) is 6.61 Å². The molecule has 6 N–H and O–H groups in total. The van der Waals surface area contributed by atoms with E-state index in [4.69, 9.17) is 15.6 Å². The summed E-state index contributed by atoms with van der Waals surface area (Å²) in [6.45, 7) is 6.01. The second-order valence-corrected chi connectivity index (χ2v) is 7.22. The summed E-state index contributed by atoms with van der Waals surface area (Å²) in [6.07, 6.45) is 2.67. The van der Waals surface area contributed by atoms with Crippen LogP contribution in [0.15, 0.2) is 22.7 Å². The molecule has 0 atom stereocenters. The van der Waals surface area contributed by atoms with Gasteiger partial charge >= 0.3 is 6.03 Å². The Morgan fingerprint density at radius 1 is 1.40 bits per heavy atom. The molecular formula is C14H24N6O4S. The SMILES string of the molecule is CC(=N)/C=C(/NC(=O)NS(=O)(=O)/C(C=N)=C1/NCCCO1)NC(C)C. The highest BCUT2D eigenvalue weighted by Gasteiger charge is 2.26. The van der Waals surface area contributed by atoms with E-state index in [9.17, 15) is 13.2 Å². The molecule has 1 aliphatic heterocycles. The molecule has 2 amide bonds. The van der Waals surface area contributed by atoms with Gasteiger partial charge in [0.25, 0.3) is 10.0 Å². The highest BCUT2D eigenvalue weighted by Crippen LogP contribution is 2.11. The minimum Gasteiger partial charge on any atom is -0.478 e. The Morgan fingerprint density at radius 3 is 2.56 bits per heavy atom. The molecular weight excluding hydrogens is 348 g/mol. The van der Waals surface area contributed by atoms with Gasteiger partial charge in [-0.15, -0.1) is 0 Å². The van der Waals surface area contributed by atoms with Crippen LogP contribution in [-0.4, -0.2) is 45.6 Å². The largest absolute Gasteiger partial charge is 0.478 e. The zero-order chi connectivity index (χ0) is 19.0. The molecule has 0 spiro atoms. The van der Waals surface area contributed by atoms with Crippen LogP contribution in [0.5, 0.6) is 0 Å². The molecule has 0 aromatic carbocycles. The monoisotopic (exact) mass is 372 g/mol. The van der Waals surface area contributed by atoms with Crippen molar-refractivity contribution in [2.45, 2.75) is 33.2 Å². The second kappa shape index (κ2) is 9.06. The van der Waals surface area contributed by atoms with Crippen molar-refractivity contribution in [3.05, 3.63) is 22.7 Å². The molecule has 0 aromatic rings. The number of nitrogens with one attached hydrogen (secondary N) is 6. The number of amides is 2. The zero-order valence-corrected chi connectivity index (χ0v) is 15.2. The summed E-state index contributed by atoms with van der Waals surface area (Å²) in [7, 11) is -4.30. The lowest BCUT2D eigenvalue weighted by Crippen LogP contribution is -2.44. The third-order valence-electron chi connectivity index (χ3n) is 2.78. The maximum absolute atomic E-state index is 12.3. The van der Waals surface area contributed by atoms with Crippen molar-refractivity contribution in [1.82, 2.24) is 20.7 Å². The Morgan fingerprint density at radius 2 is 2.08 bits per heavy atom. The van der Waals surface area contributed by atoms with Gasteiger partial charge < -0.3 is 26.2 Å². The summed E-state index contributed by atoms with van der Waals surface area (Å²) in [6, 6.07) is -1.06. The summed E-state index contributed by atoms with van der Waals surface area (Å²) in [5.74, 6) is 0.124. The average molecular weight is 372 g/mol. The van der Waals surface area contributed by atoms with Gasteiger partial charge in [-0.2, -0.15) is 0 Å². The van der Waals surface area contributed by atoms with Crippen LogP contribution in [0.3, 0.4) is 0 Å². The van der Waals surface area contributed by atoms with E-state index >= 15 is 0 Å². The van der Waals surface area contributed by atoms with E-state index in [1.165, 1.54) is 13.0 Å². The molecule has 1 heterocycles. The van der Waals surface area contributed by atoms with Crippen molar-refractivity contribution < 1.29 is 17.9 Å². The van der Waals surface area contributed by atoms with E-state index in [2.05, 4.69) is 16.0 Å². The fraction of sp³-hybridized carbons (Fsp3) is 0.500. The van der Waals surface area contributed by atoms with Crippen molar-refractivity contribution in [2.24, 2.45) is 0 Å². The summed E-state index contributed by atoms with van der Waals surface area (Å²) >= 11 is 0. The Kier molecular flexibility index (Phi) is 7.43. The van der Waals surface area contributed by atoms with E-state index in [1.54, 1.807) is 0 Å². The molecule has 0 radical (unpaired) electrons. The molecule has 0 bridgehead atoms. The lowest BCUT2D eigenvalue weighted by atomic mass is 10.3. The number of hydrogen-bond acceptors (Lipinski definition) is 8. The molecule has 0 aliphatic carbocycles. The van der Waals surface area contributed by atoms with Crippen molar-refractivity contribution in [2.75, 3.05) is 13.2 Å². The predicted molar refractivity (Wildman–Crippen MR) is 94.7 cm³/mol. The van der Waals surface area contributed by atoms with Gasteiger partial charge in [-0.05, 0) is 33.3 Å². The molecule has 0 aromatic heterocycles. The van der Waals surface area contributed by atoms with Crippen LogP contribution in [-0.2, 0) is 14.8 Å². The third-order valence-corrected chi connectivity index (χ3v) is 4.11. The molecule has 1 rings (SSSR count). The predicted octanol–water partition coefficient (Wildman–Crippen LogP) is 0.323. The minimum atomic E-state index is -4.30. The van der Waals surface area contributed by atoms with Crippen LogP contribution in [0, 0.1) is 10.8 Å². The first kappa shape index (κ1) is 20.5. The molecule has 11 heteroatoms. The summed E-state index contributed by atoms with van der Waals surface area (Å²) in [4.78, 5) is 11.6. The molecule has 1 saturated heterocycles. The third kappa shape index (κ3) is 6.83. The van der Waals surface area contributed by atoms with Crippen LogP contribution >= 0.6 is 0 Å². The lowest BCUT2D eigenvalue weighted by molar-refractivity contribution is 0.157. The fourth-order valence-electron chi connectivity index (χ4n) is 1.89. The standard InChI is InChI=1S/C14H24N6O4S/c1-9(2)18-12(7-10(3)16)19-14(21)20-25(22,23)11(8-15)13-17-5-4-6-24-13/h7-9,15-18H,4-6H2,1-3H3,(H2,19,20,21)/b12-7+,13-11-,15-8?,16-10?. The van der Waals surface area contributed by atoms with E-state index in [0.717, 1.165) is 0 Å². The number of urea groups is 1. The summed E-state index contributed by atoms with van der Waals surface area (Å²) in [5.41, 5.74) is 0.174. The van der Waals surface area contributed by atoms with Crippen LogP contribution < -0.4 is 20.7 Å². The fourth-order valence-corrected chi connectivity index (χ4v) is 2.82. The zero-order valence-electron chi connectivity index (χ0n) is 14.4. The first-order valence-electron chi connectivity index (χ1n) is 7.64. The van der Waals surface area contributed by atoms with Crippen molar-refractivity contribution in [3.63, 3.8) is 0 Å². The van der Waals surface area contributed by atoms with E-state index in [0.29, 0.717) is 25.8 Å². The maximum atomic E-state index is 12.3. The Hall–Kier alpha value is -2.56. The normalized spacial score (nSPS) is 17.0. The highest BCUT2D eigenvalue weighted by molar-refractivity contribution is 7.94. The first-order chi connectivity index (χ1) is 11.7. The van der Waals surface area contributed by atoms with Crippen LogP contribution in [0.1, 0.15) is 27.2 Å².